The Labute approximate surface area is 109 Å². The monoisotopic (exact) mass is 264 g/mol. The zero-order chi connectivity index (χ0) is 14.0. The van der Waals surface area contributed by atoms with Crippen LogP contribution in [0.2, 0.25) is 0 Å². The van der Waals surface area contributed by atoms with Crippen LogP contribution in [0, 0.1) is 19.7 Å². The number of carbonyl (C=O) groups is 1. The third-order valence-corrected chi connectivity index (χ3v) is 2.72. The van der Waals surface area contributed by atoms with Crippen molar-refractivity contribution in [2.45, 2.75) is 20.4 Å². The maximum atomic E-state index is 13.4. The number of hydrogen-bond acceptors (Lipinski definition) is 4. The molecule has 2 aromatic rings. The Morgan fingerprint density at radius 3 is 2.74 bits per heavy atom. The summed E-state index contributed by atoms with van der Waals surface area (Å²) >= 11 is 0. The van der Waals surface area contributed by atoms with Gasteiger partial charge in [0.05, 0.1) is 17.8 Å². The van der Waals surface area contributed by atoms with Crippen molar-refractivity contribution in [3.63, 3.8) is 0 Å². The van der Waals surface area contributed by atoms with Crippen LogP contribution in [0.25, 0.3) is 0 Å². The average Bonchev–Trinajstić information content (AvgIpc) is 2.66. The van der Waals surface area contributed by atoms with E-state index in [0.29, 0.717) is 18.1 Å². The predicted octanol–water partition coefficient (Wildman–Crippen LogP) is 2.74. The molecule has 2 rings (SSSR count). The normalized spacial score (nSPS) is 10.5. The molecule has 2 N–H and O–H groups in total. The molecule has 0 aliphatic rings. The number of anilines is 1. The number of benzene rings is 1. The minimum absolute atomic E-state index is 0.306. The molecule has 1 aromatic heterocycles. The molecule has 0 fully saturated rings. The molecule has 0 saturated carbocycles. The molecule has 0 bridgehead atoms. The Kier molecular flexibility index (Phi) is 3.50. The molecule has 0 aliphatic heterocycles. The fraction of sp³-hybridized carbons (Fsp3) is 0.231. The van der Waals surface area contributed by atoms with Crippen molar-refractivity contribution >= 4 is 11.7 Å². The highest BCUT2D eigenvalue weighted by molar-refractivity contribution is 5.88. The van der Waals surface area contributed by atoms with Crippen molar-refractivity contribution in [3.8, 4) is 0 Å². The van der Waals surface area contributed by atoms with Crippen molar-refractivity contribution in [2.24, 2.45) is 0 Å². The van der Waals surface area contributed by atoms with Gasteiger partial charge in [0.15, 0.2) is 0 Å². The van der Waals surface area contributed by atoms with Crippen LogP contribution in [-0.2, 0) is 6.54 Å². The van der Waals surface area contributed by atoms with Gasteiger partial charge in [0.2, 0.25) is 5.89 Å². The topological polar surface area (TPSA) is 75.4 Å². The van der Waals surface area contributed by atoms with E-state index >= 15 is 0 Å². The van der Waals surface area contributed by atoms with E-state index in [1.807, 2.05) is 13.8 Å². The molecule has 6 heteroatoms. The van der Waals surface area contributed by atoms with Crippen molar-refractivity contribution in [1.82, 2.24) is 4.98 Å². The van der Waals surface area contributed by atoms with Crippen molar-refractivity contribution in [3.05, 3.63) is 46.9 Å². The Balaban J connectivity index is 2.08. The van der Waals surface area contributed by atoms with Gasteiger partial charge in [0.25, 0.3) is 0 Å². The van der Waals surface area contributed by atoms with Gasteiger partial charge in [0.1, 0.15) is 11.6 Å². The zero-order valence-electron chi connectivity index (χ0n) is 10.5. The van der Waals surface area contributed by atoms with Crippen molar-refractivity contribution in [1.29, 1.82) is 0 Å². The van der Waals surface area contributed by atoms with E-state index in [1.54, 1.807) is 0 Å². The second-order valence-electron chi connectivity index (χ2n) is 4.10. The van der Waals surface area contributed by atoms with E-state index in [4.69, 9.17) is 9.52 Å². The van der Waals surface area contributed by atoms with Gasteiger partial charge in [-0.15, -0.1) is 0 Å². The van der Waals surface area contributed by atoms with Crippen LogP contribution in [0.3, 0.4) is 0 Å². The largest absolute Gasteiger partial charge is 0.478 e. The smallest absolute Gasteiger partial charge is 0.338 e. The van der Waals surface area contributed by atoms with E-state index in [9.17, 15) is 9.18 Å². The van der Waals surface area contributed by atoms with Crippen LogP contribution in [0.1, 0.15) is 27.7 Å². The number of aromatic nitrogens is 1. The lowest BCUT2D eigenvalue weighted by molar-refractivity contribution is 0.0692. The van der Waals surface area contributed by atoms with E-state index in [1.165, 1.54) is 12.1 Å². The molecule has 0 radical (unpaired) electrons. The third-order valence-electron chi connectivity index (χ3n) is 2.72. The molecule has 0 aliphatic carbocycles. The first-order chi connectivity index (χ1) is 8.97. The van der Waals surface area contributed by atoms with E-state index in [0.717, 1.165) is 17.5 Å². The molecule has 19 heavy (non-hydrogen) atoms. The molecule has 0 unspecified atom stereocenters. The van der Waals surface area contributed by atoms with Gasteiger partial charge in [0, 0.05) is 5.69 Å². The number of aryl methyl sites for hydroxylation is 2. The summed E-state index contributed by atoms with van der Waals surface area (Å²) in [5.74, 6) is -0.831. The fourth-order valence-electron chi connectivity index (χ4n) is 1.59. The summed E-state index contributed by atoms with van der Waals surface area (Å²) in [6.07, 6.45) is 0. The molecule has 0 saturated heterocycles. The highest BCUT2D eigenvalue weighted by Crippen LogP contribution is 2.16. The summed E-state index contributed by atoms with van der Waals surface area (Å²) in [6.45, 7) is 3.96. The van der Waals surface area contributed by atoms with Crippen LogP contribution in [0.5, 0.6) is 0 Å². The zero-order valence-corrected chi connectivity index (χ0v) is 10.5. The summed E-state index contributed by atoms with van der Waals surface area (Å²) in [6, 6.07) is 3.84. The number of halogens is 1. The lowest BCUT2D eigenvalue weighted by Crippen LogP contribution is -2.04. The van der Waals surface area contributed by atoms with Crippen LogP contribution in [0.4, 0.5) is 10.1 Å². The lowest BCUT2D eigenvalue weighted by Gasteiger charge is -2.05. The molecule has 1 heterocycles. The Bertz CT molecular complexity index is 603. The molecule has 0 atom stereocenters. The number of oxazole rings is 1. The number of hydrogen-bond donors (Lipinski definition) is 2. The maximum absolute atomic E-state index is 13.4. The first-order valence-corrected chi connectivity index (χ1v) is 5.67. The Morgan fingerprint density at radius 2 is 2.21 bits per heavy atom. The van der Waals surface area contributed by atoms with Gasteiger partial charge in [-0.2, -0.15) is 0 Å². The number of carboxylic acids is 1. The maximum Gasteiger partial charge on any atom is 0.338 e. The summed E-state index contributed by atoms with van der Waals surface area (Å²) < 4.78 is 18.8. The minimum Gasteiger partial charge on any atom is -0.478 e. The van der Waals surface area contributed by atoms with Gasteiger partial charge in [-0.25, -0.2) is 14.2 Å². The fourth-order valence-corrected chi connectivity index (χ4v) is 1.59. The standard InChI is InChI=1S/C13H13FN2O3/c1-7-8(2)19-12(16-7)6-15-9-3-4-10(13(17)18)11(14)5-9/h3-5,15H,6H2,1-2H3,(H,17,18). The summed E-state index contributed by atoms with van der Waals surface area (Å²) in [4.78, 5) is 14.8. The Hall–Kier alpha value is -2.37. The number of nitrogens with zero attached hydrogens (tertiary/aromatic N) is 1. The molecule has 0 amide bonds. The quantitative estimate of drug-likeness (QED) is 0.888. The number of carboxylic acid groups (broad SMARTS) is 1. The van der Waals surface area contributed by atoms with Gasteiger partial charge in [-0.3, -0.25) is 0 Å². The van der Waals surface area contributed by atoms with E-state index in [-0.39, 0.29) is 5.56 Å². The summed E-state index contributed by atoms with van der Waals surface area (Å²) in [7, 11) is 0. The minimum atomic E-state index is -1.29. The van der Waals surface area contributed by atoms with Gasteiger partial charge in [-0.05, 0) is 32.0 Å². The number of aromatic carboxylic acids is 1. The molecule has 5 nitrogen and oxygen atoms in total. The van der Waals surface area contributed by atoms with Crippen molar-refractivity contribution < 1.29 is 18.7 Å². The molecular formula is C13H13FN2O3. The molecular weight excluding hydrogens is 251 g/mol. The first kappa shape index (κ1) is 13.1. The SMILES string of the molecule is Cc1nc(CNc2ccc(C(=O)O)c(F)c2)oc1C. The predicted molar refractivity (Wildman–Crippen MR) is 66.7 cm³/mol. The number of nitrogens with one attached hydrogen (secondary N) is 1. The summed E-state index contributed by atoms with van der Waals surface area (Å²) in [5.41, 5.74) is 0.925. The third kappa shape index (κ3) is 2.90. The van der Waals surface area contributed by atoms with Gasteiger partial charge >= 0.3 is 5.97 Å². The van der Waals surface area contributed by atoms with Gasteiger partial charge < -0.3 is 14.8 Å². The number of rotatable bonds is 4. The first-order valence-electron chi connectivity index (χ1n) is 5.67. The van der Waals surface area contributed by atoms with Crippen molar-refractivity contribution in [2.75, 3.05) is 5.32 Å². The van der Waals surface area contributed by atoms with E-state index in [2.05, 4.69) is 10.3 Å². The summed E-state index contributed by atoms with van der Waals surface area (Å²) in [5, 5.41) is 11.6. The Morgan fingerprint density at radius 1 is 1.47 bits per heavy atom. The average molecular weight is 264 g/mol. The van der Waals surface area contributed by atoms with E-state index < -0.39 is 11.8 Å². The molecule has 0 spiro atoms. The van der Waals surface area contributed by atoms with Crippen LogP contribution in [0.15, 0.2) is 22.6 Å². The highest BCUT2D eigenvalue weighted by atomic mass is 19.1. The second-order valence-corrected chi connectivity index (χ2v) is 4.10. The highest BCUT2D eigenvalue weighted by Gasteiger charge is 2.11. The lowest BCUT2D eigenvalue weighted by atomic mass is 10.2. The van der Waals surface area contributed by atoms with Crippen LogP contribution < -0.4 is 5.32 Å². The molecule has 100 valence electrons. The van der Waals surface area contributed by atoms with Crippen LogP contribution in [-0.4, -0.2) is 16.1 Å². The van der Waals surface area contributed by atoms with Gasteiger partial charge in [-0.1, -0.05) is 0 Å². The second kappa shape index (κ2) is 5.09. The van der Waals surface area contributed by atoms with Crippen LogP contribution >= 0.6 is 0 Å². The molecule has 1 aromatic carbocycles.